The van der Waals surface area contributed by atoms with Gasteiger partial charge in [0.15, 0.2) is 5.78 Å². The Hall–Kier alpha value is -0.700. The Labute approximate surface area is 132 Å². The summed E-state index contributed by atoms with van der Waals surface area (Å²) in [7, 11) is 0. The van der Waals surface area contributed by atoms with Gasteiger partial charge in [0.2, 0.25) is 0 Å². The Kier molecular flexibility index (Phi) is 3.15. The number of fused-ring (bicyclic) bond motifs is 5. The van der Waals surface area contributed by atoms with Gasteiger partial charge in [0.1, 0.15) is 6.17 Å². The molecule has 0 bridgehead atoms. The first kappa shape index (κ1) is 14.9. The fourth-order valence-corrected chi connectivity index (χ4v) is 6.50. The summed E-state index contributed by atoms with van der Waals surface area (Å²) in [5.41, 5.74) is 1.25. The van der Waals surface area contributed by atoms with Gasteiger partial charge in [-0.15, -0.1) is 0 Å². The highest BCUT2D eigenvalue weighted by Crippen LogP contribution is 2.65. The fourth-order valence-electron chi connectivity index (χ4n) is 6.50. The van der Waals surface area contributed by atoms with Crippen LogP contribution in [0.1, 0.15) is 58.8 Å². The lowest BCUT2D eigenvalue weighted by Gasteiger charge is -2.57. The van der Waals surface area contributed by atoms with Crippen molar-refractivity contribution >= 4 is 5.78 Å². The summed E-state index contributed by atoms with van der Waals surface area (Å²) in [4.78, 5) is 11.8. The van der Waals surface area contributed by atoms with E-state index < -0.39 is 12.3 Å². The van der Waals surface area contributed by atoms with Crippen LogP contribution in [0.4, 0.5) is 4.39 Å². The van der Waals surface area contributed by atoms with E-state index in [1.54, 1.807) is 0 Å². The third kappa shape index (κ3) is 1.78. The average Bonchev–Trinajstić information content (AvgIpc) is 2.72. The quantitative estimate of drug-likeness (QED) is 0.738. The van der Waals surface area contributed by atoms with Crippen LogP contribution in [-0.4, -0.2) is 23.2 Å². The highest BCUT2D eigenvalue weighted by atomic mass is 19.1. The van der Waals surface area contributed by atoms with Crippen molar-refractivity contribution in [2.24, 2.45) is 28.6 Å². The van der Waals surface area contributed by atoms with Gasteiger partial charge >= 0.3 is 0 Å². The Bertz CT molecular complexity index is 542. The minimum Gasteiger partial charge on any atom is -0.390 e. The summed E-state index contributed by atoms with van der Waals surface area (Å²) in [5, 5.41) is 10.3. The zero-order chi connectivity index (χ0) is 15.7. The molecule has 122 valence electrons. The molecule has 0 aromatic carbocycles. The molecule has 1 N–H and O–H groups in total. The van der Waals surface area contributed by atoms with Gasteiger partial charge in [-0.3, -0.25) is 4.79 Å². The second-order valence-electron chi connectivity index (χ2n) is 8.71. The maximum absolute atomic E-state index is 14.2. The van der Waals surface area contributed by atoms with Gasteiger partial charge in [-0.05, 0) is 73.2 Å². The minimum absolute atomic E-state index is 0.136. The number of ketones is 1. The van der Waals surface area contributed by atoms with Gasteiger partial charge in [0.25, 0.3) is 0 Å². The lowest BCUT2D eigenvalue weighted by Crippen LogP contribution is -2.51. The van der Waals surface area contributed by atoms with E-state index in [-0.39, 0.29) is 16.6 Å². The van der Waals surface area contributed by atoms with Gasteiger partial charge in [0, 0.05) is 6.42 Å². The van der Waals surface area contributed by atoms with Crippen molar-refractivity contribution in [2.45, 2.75) is 71.1 Å². The normalized spacial score (nSPS) is 54.3. The number of alkyl halides is 1. The van der Waals surface area contributed by atoms with Crippen LogP contribution in [0.2, 0.25) is 0 Å². The molecule has 0 saturated heterocycles. The molecule has 22 heavy (non-hydrogen) atoms. The Morgan fingerprint density at radius 3 is 2.73 bits per heavy atom. The second-order valence-corrected chi connectivity index (χ2v) is 8.71. The molecule has 0 amide bonds. The summed E-state index contributed by atoms with van der Waals surface area (Å²) in [6, 6.07) is 0. The van der Waals surface area contributed by atoms with Crippen LogP contribution in [0, 0.1) is 28.6 Å². The van der Waals surface area contributed by atoms with Gasteiger partial charge in [-0.2, -0.15) is 0 Å². The van der Waals surface area contributed by atoms with Crippen molar-refractivity contribution in [1.82, 2.24) is 0 Å². The van der Waals surface area contributed by atoms with Gasteiger partial charge in [0.05, 0.1) is 6.10 Å². The van der Waals surface area contributed by atoms with Crippen LogP contribution in [0.3, 0.4) is 0 Å². The summed E-state index contributed by atoms with van der Waals surface area (Å²) < 4.78 is 14.2. The standard InChI is InChI=1S/C19H27FO2/c1-18-7-5-12(21)9-11(18)3-4-13-14(18)6-8-19(2)15(13)10-16(20)17(19)22/h9,13-17,22H,3-8,10H2,1-2H3/t13-,14+,15+,16+,17+,18+,19+/m1/s1. The summed E-state index contributed by atoms with van der Waals surface area (Å²) in [5.74, 6) is 1.68. The number of carbonyl (C=O) groups excluding carboxylic acids is 1. The van der Waals surface area contributed by atoms with E-state index in [9.17, 15) is 14.3 Å². The SMILES string of the molecule is C[C@]12CC[C@H]3[C@@H](CCC4=CC(=O)CC[C@@]43C)[C@@H]1C[C@H](F)[C@@H]2O. The first-order chi connectivity index (χ1) is 10.4. The van der Waals surface area contributed by atoms with Crippen LogP contribution in [-0.2, 0) is 4.79 Å². The van der Waals surface area contributed by atoms with Crippen LogP contribution in [0.25, 0.3) is 0 Å². The van der Waals surface area contributed by atoms with E-state index in [0.29, 0.717) is 30.6 Å². The van der Waals surface area contributed by atoms with E-state index in [1.807, 2.05) is 6.08 Å². The molecule has 7 atom stereocenters. The smallest absolute Gasteiger partial charge is 0.155 e. The lowest BCUT2D eigenvalue weighted by molar-refractivity contribution is -0.118. The fraction of sp³-hybridized carbons (Fsp3) is 0.842. The summed E-state index contributed by atoms with van der Waals surface area (Å²) in [6.45, 7) is 4.44. The molecule has 0 radical (unpaired) electrons. The first-order valence-corrected chi connectivity index (χ1v) is 8.92. The Morgan fingerprint density at radius 1 is 1.18 bits per heavy atom. The van der Waals surface area contributed by atoms with Crippen molar-refractivity contribution in [3.05, 3.63) is 11.6 Å². The largest absolute Gasteiger partial charge is 0.390 e. The molecule has 0 heterocycles. The predicted octanol–water partition coefficient (Wildman–Crippen LogP) is 3.83. The average molecular weight is 306 g/mol. The molecule has 0 spiro atoms. The second kappa shape index (κ2) is 4.66. The van der Waals surface area contributed by atoms with E-state index in [1.165, 1.54) is 5.57 Å². The minimum atomic E-state index is -1.05. The number of carbonyl (C=O) groups is 1. The molecule has 4 rings (SSSR count). The molecule has 4 aliphatic carbocycles. The molecule has 0 aliphatic heterocycles. The summed E-state index contributed by atoms with van der Waals surface area (Å²) >= 11 is 0. The maximum atomic E-state index is 14.2. The molecule has 0 aromatic heterocycles. The Balaban J connectivity index is 1.69. The van der Waals surface area contributed by atoms with Crippen molar-refractivity contribution < 1.29 is 14.3 Å². The summed E-state index contributed by atoms with van der Waals surface area (Å²) in [6.07, 6.45) is 6.30. The monoisotopic (exact) mass is 306 g/mol. The molecule has 2 nitrogen and oxygen atoms in total. The molecule has 3 saturated carbocycles. The number of hydrogen-bond donors (Lipinski definition) is 1. The molecular weight excluding hydrogens is 279 g/mol. The molecular formula is C19H27FO2. The molecule has 0 aromatic rings. The van der Waals surface area contributed by atoms with Gasteiger partial charge in [-0.1, -0.05) is 19.4 Å². The zero-order valence-electron chi connectivity index (χ0n) is 13.6. The zero-order valence-corrected chi connectivity index (χ0v) is 13.6. The number of rotatable bonds is 0. The van der Waals surface area contributed by atoms with E-state index >= 15 is 0 Å². The molecule has 3 fully saturated rings. The number of aliphatic hydroxyl groups excluding tert-OH is 1. The maximum Gasteiger partial charge on any atom is 0.155 e. The van der Waals surface area contributed by atoms with E-state index in [2.05, 4.69) is 13.8 Å². The van der Waals surface area contributed by atoms with Crippen molar-refractivity contribution in [3.8, 4) is 0 Å². The third-order valence-corrected chi connectivity index (χ3v) is 7.90. The highest BCUT2D eigenvalue weighted by Gasteiger charge is 2.61. The molecule has 4 aliphatic rings. The molecule has 3 heteroatoms. The van der Waals surface area contributed by atoms with Crippen LogP contribution in [0.5, 0.6) is 0 Å². The lowest BCUT2D eigenvalue weighted by atomic mass is 9.47. The Morgan fingerprint density at radius 2 is 1.95 bits per heavy atom. The van der Waals surface area contributed by atoms with Gasteiger partial charge < -0.3 is 5.11 Å². The van der Waals surface area contributed by atoms with Gasteiger partial charge in [-0.25, -0.2) is 4.39 Å². The number of allylic oxidation sites excluding steroid dienone is 1. The van der Waals surface area contributed by atoms with Crippen LogP contribution in [0.15, 0.2) is 11.6 Å². The van der Waals surface area contributed by atoms with Crippen LogP contribution < -0.4 is 0 Å². The highest BCUT2D eigenvalue weighted by molar-refractivity contribution is 5.91. The number of hydrogen-bond acceptors (Lipinski definition) is 2. The van der Waals surface area contributed by atoms with E-state index in [4.69, 9.17) is 0 Å². The first-order valence-electron chi connectivity index (χ1n) is 8.92. The van der Waals surface area contributed by atoms with Crippen molar-refractivity contribution in [1.29, 1.82) is 0 Å². The number of halogens is 1. The molecule has 0 unspecified atom stereocenters. The van der Waals surface area contributed by atoms with Crippen molar-refractivity contribution in [3.63, 3.8) is 0 Å². The van der Waals surface area contributed by atoms with E-state index in [0.717, 1.165) is 32.1 Å². The number of aliphatic hydroxyl groups is 1. The topological polar surface area (TPSA) is 37.3 Å². The van der Waals surface area contributed by atoms with Crippen LogP contribution >= 0.6 is 0 Å². The third-order valence-electron chi connectivity index (χ3n) is 7.90. The predicted molar refractivity (Wildman–Crippen MR) is 83.0 cm³/mol. The van der Waals surface area contributed by atoms with Crippen molar-refractivity contribution in [2.75, 3.05) is 0 Å².